The second-order valence-corrected chi connectivity index (χ2v) is 6.90. The molecule has 7 nitrogen and oxygen atoms in total. The number of imide groups is 1. The summed E-state index contributed by atoms with van der Waals surface area (Å²) in [6, 6.07) is 5.52. The van der Waals surface area contributed by atoms with E-state index in [4.69, 9.17) is 5.11 Å². The van der Waals surface area contributed by atoms with Gasteiger partial charge < -0.3 is 10.4 Å². The second kappa shape index (κ2) is 8.66. The summed E-state index contributed by atoms with van der Waals surface area (Å²) in [4.78, 5) is 48.6. The zero-order chi connectivity index (χ0) is 18.4. The number of carbonyl (C=O) groups is 4. The molecular weight excluding hydrogens is 344 g/mol. The van der Waals surface area contributed by atoms with Gasteiger partial charge in [-0.1, -0.05) is 19.1 Å². The first kappa shape index (κ1) is 19.0. The van der Waals surface area contributed by atoms with Crippen LogP contribution in [0, 0.1) is 0 Å². The maximum absolute atomic E-state index is 12.2. The third-order valence-electron chi connectivity index (χ3n) is 3.83. The van der Waals surface area contributed by atoms with Crippen molar-refractivity contribution < 1.29 is 24.3 Å². The van der Waals surface area contributed by atoms with E-state index in [1.807, 2.05) is 6.92 Å². The SMILES string of the molecule is CCSCCC(NC(=O)CCN1C(=O)c2ccccc2C1=O)C(=O)O. The largest absolute Gasteiger partial charge is 0.480 e. The molecule has 0 bridgehead atoms. The Hall–Kier alpha value is -2.35. The molecule has 1 aliphatic heterocycles. The predicted octanol–water partition coefficient (Wildman–Crippen LogP) is 1.39. The van der Waals surface area contributed by atoms with Gasteiger partial charge in [0, 0.05) is 13.0 Å². The molecule has 0 radical (unpaired) electrons. The Bertz CT molecular complexity index is 656. The third-order valence-corrected chi connectivity index (χ3v) is 4.76. The molecular formula is C17H20N2O5S. The van der Waals surface area contributed by atoms with Crippen LogP contribution in [0.4, 0.5) is 0 Å². The van der Waals surface area contributed by atoms with Crippen LogP contribution in [0.2, 0.25) is 0 Å². The van der Waals surface area contributed by atoms with Crippen molar-refractivity contribution in [2.45, 2.75) is 25.8 Å². The van der Waals surface area contributed by atoms with Gasteiger partial charge in [-0.25, -0.2) is 4.79 Å². The molecule has 134 valence electrons. The highest BCUT2D eigenvalue weighted by Gasteiger charge is 2.35. The molecule has 1 unspecified atom stereocenters. The van der Waals surface area contributed by atoms with Gasteiger partial charge in [0.1, 0.15) is 6.04 Å². The van der Waals surface area contributed by atoms with Crippen LogP contribution in [0.15, 0.2) is 24.3 Å². The summed E-state index contributed by atoms with van der Waals surface area (Å²) in [5, 5.41) is 11.6. The van der Waals surface area contributed by atoms with Crippen molar-refractivity contribution in [2.24, 2.45) is 0 Å². The lowest BCUT2D eigenvalue weighted by atomic mass is 10.1. The van der Waals surface area contributed by atoms with Gasteiger partial charge in [-0.3, -0.25) is 19.3 Å². The van der Waals surface area contributed by atoms with Gasteiger partial charge >= 0.3 is 5.97 Å². The molecule has 0 saturated carbocycles. The minimum absolute atomic E-state index is 0.0752. The molecule has 0 aromatic heterocycles. The number of carboxylic acids is 1. The van der Waals surface area contributed by atoms with Crippen molar-refractivity contribution in [1.29, 1.82) is 0 Å². The minimum Gasteiger partial charge on any atom is -0.480 e. The van der Waals surface area contributed by atoms with Crippen LogP contribution in [-0.2, 0) is 9.59 Å². The molecule has 0 aliphatic carbocycles. The van der Waals surface area contributed by atoms with Crippen molar-refractivity contribution in [3.05, 3.63) is 35.4 Å². The standard InChI is InChI=1S/C17H20N2O5S/c1-2-25-10-8-13(17(23)24)18-14(20)7-9-19-15(21)11-5-3-4-6-12(11)16(19)22/h3-6,13H,2,7-10H2,1H3,(H,18,20)(H,23,24). The van der Waals surface area contributed by atoms with Crippen LogP contribution >= 0.6 is 11.8 Å². The van der Waals surface area contributed by atoms with Crippen LogP contribution in [-0.4, -0.2) is 57.8 Å². The molecule has 1 aromatic rings. The van der Waals surface area contributed by atoms with Gasteiger partial charge in [-0.15, -0.1) is 0 Å². The molecule has 25 heavy (non-hydrogen) atoms. The van der Waals surface area contributed by atoms with Gasteiger partial charge in [-0.05, 0) is 30.1 Å². The van der Waals surface area contributed by atoms with Crippen LogP contribution in [0.1, 0.15) is 40.5 Å². The molecule has 0 saturated heterocycles. The first-order chi connectivity index (χ1) is 12.0. The molecule has 1 heterocycles. The summed E-state index contributed by atoms with van der Waals surface area (Å²) in [6.45, 7) is 1.90. The summed E-state index contributed by atoms with van der Waals surface area (Å²) < 4.78 is 0. The van der Waals surface area contributed by atoms with E-state index in [-0.39, 0.29) is 13.0 Å². The number of rotatable bonds is 9. The molecule has 2 N–H and O–H groups in total. The number of carboxylic acid groups (broad SMARTS) is 1. The topological polar surface area (TPSA) is 104 Å². The number of aliphatic carboxylic acids is 1. The minimum atomic E-state index is -1.09. The second-order valence-electron chi connectivity index (χ2n) is 5.50. The Kier molecular flexibility index (Phi) is 6.58. The average Bonchev–Trinajstić information content (AvgIpc) is 2.83. The Morgan fingerprint density at radius 2 is 1.80 bits per heavy atom. The number of hydrogen-bond donors (Lipinski definition) is 2. The van der Waals surface area contributed by atoms with E-state index >= 15 is 0 Å². The summed E-state index contributed by atoms with van der Waals surface area (Å²) in [7, 11) is 0. The quantitative estimate of drug-likeness (QED) is 0.507. The Labute approximate surface area is 149 Å². The number of benzene rings is 1. The molecule has 2 rings (SSSR count). The normalized spacial score (nSPS) is 14.4. The fourth-order valence-electron chi connectivity index (χ4n) is 2.52. The molecule has 1 atom stereocenters. The smallest absolute Gasteiger partial charge is 0.326 e. The number of hydrogen-bond acceptors (Lipinski definition) is 5. The van der Waals surface area contributed by atoms with E-state index in [0.29, 0.717) is 23.3 Å². The first-order valence-electron chi connectivity index (χ1n) is 8.00. The van der Waals surface area contributed by atoms with Gasteiger partial charge in [0.25, 0.3) is 11.8 Å². The van der Waals surface area contributed by atoms with Crippen LogP contribution in [0.3, 0.4) is 0 Å². The van der Waals surface area contributed by atoms with Crippen molar-refractivity contribution in [3.63, 3.8) is 0 Å². The van der Waals surface area contributed by atoms with E-state index in [1.165, 1.54) is 0 Å². The highest BCUT2D eigenvalue weighted by Crippen LogP contribution is 2.22. The van der Waals surface area contributed by atoms with Gasteiger partial charge in [-0.2, -0.15) is 11.8 Å². The lowest BCUT2D eigenvalue weighted by Gasteiger charge is -2.16. The van der Waals surface area contributed by atoms with Crippen molar-refractivity contribution >= 4 is 35.5 Å². The van der Waals surface area contributed by atoms with Gasteiger partial charge in [0.2, 0.25) is 5.91 Å². The number of thioether (sulfide) groups is 1. The fourth-order valence-corrected chi connectivity index (χ4v) is 3.22. The van der Waals surface area contributed by atoms with Gasteiger partial charge in [0.15, 0.2) is 0 Å². The lowest BCUT2D eigenvalue weighted by molar-refractivity contribution is -0.141. The van der Waals surface area contributed by atoms with E-state index < -0.39 is 29.7 Å². The number of fused-ring (bicyclic) bond motifs is 1. The monoisotopic (exact) mass is 364 g/mol. The molecule has 1 aromatic carbocycles. The summed E-state index contributed by atoms with van der Waals surface area (Å²) >= 11 is 1.60. The molecule has 0 fully saturated rings. The summed E-state index contributed by atoms with van der Waals surface area (Å²) in [6.07, 6.45) is 0.197. The number of nitrogens with zero attached hydrogens (tertiary/aromatic N) is 1. The molecule has 3 amide bonds. The third kappa shape index (κ3) is 4.60. The Morgan fingerprint density at radius 1 is 1.20 bits per heavy atom. The maximum Gasteiger partial charge on any atom is 0.326 e. The summed E-state index contributed by atoms with van der Waals surface area (Å²) in [5.41, 5.74) is 0.654. The van der Waals surface area contributed by atoms with Crippen LogP contribution in [0.5, 0.6) is 0 Å². The first-order valence-corrected chi connectivity index (χ1v) is 9.16. The zero-order valence-corrected chi connectivity index (χ0v) is 14.7. The van der Waals surface area contributed by atoms with Crippen LogP contribution in [0.25, 0.3) is 0 Å². The highest BCUT2D eigenvalue weighted by molar-refractivity contribution is 7.99. The van der Waals surface area contributed by atoms with Crippen molar-refractivity contribution in [2.75, 3.05) is 18.1 Å². The molecule has 8 heteroatoms. The van der Waals surface area contributed by atoms with E-state index in [9.17, 15) is 19.2 Å². The van der Waals surface area contributed by atoms with E-state index in [2.05, 4.69) is 5.32 Å². The number of nitrogens with one attached hydrogen (secondary N) is 1. The lowest BCUT2D eigenvalue weighted by Crippen LogP contribution is -2.43. The maximum atomic E-state index is 12.2. The summed E-state index contributed by atoms with van der Waals surface area (Å²) in [5.74, 6) is -0.937. The zero-order valence-electron chi connectivity index (χ0n) is 13.9. The number of amides is 3. The average molecular weight is 364 g/mol. The van der Waals surface area contributed by atoms with Crippen molar-refractivity contribution in [1.82, 2.24) is 10.2 Å². The van der Waals surface area contributed by atoms with Crippen molar-refractivity contribution in [3.8, 4) is 0 Å². The Morgan fingerprint density at radius 3 is 2.32 bits per heavy atom. The van der Waals surface area contributed by atoms with Gasteiger partial charge in [0.05, 0.1) is 11.1 Å². The fraction of sp³-hybridized carbons (Fsp3) is 0.412. The van der Waals surface area contributed by atoms with E-state index in [0.717, 1.165) is 10.7 Å². The molecule has 1 aliphatic rings. The highest BCUT2D eigenvalue weighted by atomic mass is 32.2. The van der Waals surface area contributed by atoms with Crippen LogP contribution < -0.4 is 5.32 Å². The Balaban J connectivity index is 1.88. The molecule has 0 spiro atoms. The predicted molar refractivity (Wildman–Crippen MR) is 93.6 cm³/mol. The van der Waals surface area contributed by atoms with E-state index in [1.54, 1.807) is 36.0 Å². The number of carbonyl (C=O) groups excluding carboxylic acids is 3.